The van der Waals surface area contributed by atoms with Gasteiger partial charge in [0.2, 0.25) is 0 Å². The first-order valence-electron chi connectivity index (χ1n) is 7.71. The molecule has 0 unspecified atom stereocenters. The third kappa shape index (κ3) is 2.77. The van der Waals surface area contributed by atoms with Crippen LogP contribution in [0.4, 0.5) is 0 Å². The van der Waals surface area contributed by atoms with Gasteiger partial charge in [0, 0.05) is 13.0 Å². The van der Waals surface area contributed by atoms with Crippen molar-refractivity contribution in [2.24, 2.45) is 11.8 Å². The summed E-state index contributed by atoms with van der Waals surface area (Å²) in [4.78, 5) is 11.6. The molecule has 20 heavy (non-hydrogen) atoms. The second-order valence-corrected chi connectivity index (χ2v) is 6.45. The normalized spacial score (nSPS) is 39.7. The highest BCUT2D eigenvalue weighted by molar-refractivity contribution is 5.70. The lowest BCUT2D eigenvalue weighted by Crippen LogP contribution is -2.54. The summed E-state index contributed by atoms with van der Waals surface area (Å²) < 4.78 is 17.5. The first-order valence-corrected chi connectivity index (χ1v) is 7.71. The number of carbonyl (C=O) groups is 1. The summed E-state index contributed by atoms with van der Waals surface area (Å²) in [5.74, 6) is 0.940. The van der Waals surface area contributed by atoms with E-state index in [0.29, 0.717) is 24.9 Å². The molecule has 0 N–H and O–H groups in total. The van der Waals surface area contributed by atoms with Crippen LogP contribution in [0.2, 0.25) is 0 Å². The van der Waals surface area contributed by atoms with Crippen LogP contribution < -0.4 is 0 Å². The summed E-state index contributed by atoms with van der Waals surface area (Å²) in [7, 11) is 0. The predicted molar refractivity (Wildman–Crippen MR) is 74.2 cm³/mol. The van der Waals surface area contributed by atoms with Crippen molar-refractivity contribution in [3.05, 3.63) is 11.6 Å². The van der Waals surface area contributed by atoms with E-state index in [1.807, 2.05) is 0 Å². The summed E-state index contributed by atoms with van der Waals surface area (Å²) in [6, 6.07) is 0. The SMILES string of the molecule is CC(C)=CCO[C@@H]1[C@@H]2OC(=O)CC[C@H]2C[C@H]2CCO[C@@H]21. The van der Waals surface area contributed by atoms with Crippen molar-refractivity contribution in [3.63, 3.8) is 0 Å². The first kappa shape index (κ1) is 14.1. The maximum atomic E-state index is 11.6. The minimum atomic E-state index is -0.110. The Bertz CT molecular complexity index is 399. The quantitative estimate of drug-likeness (QED) is 0.588. The number of hydrogen-bond acceptors (Lipinski definition) is 4. The second kappa shape index (κ2) is 5.86. The molecule has 2 saturated heterocycles. The molecule has 0 aromatic rings. The number of ether oxygens (including phenoxy) is 3. The van der Waals surface area contributed by atoms with Crippen LogP contribution in [0.25, 0.3) is 0 Å². The van der Waals surface area contributed by atoms with Crippen molar-refractivity contribution in [2.75, 3.05) is 13.2 Å². The van der Waals surface area contributed by atoms with Gasteiger partial charge in [-0.25, -0.2) is 0 Å². The van der Waals surface area contributed by atoms with Gasteiger partial charge in [0.05, 0.1) is 12.7 Å². The Morgan fingerprint density at radius 2 is 2.10 bits per heavy atom. The Hall–Kier alpha value is -0.870. The third-order valence-electron chi connectivity index (χ3n) is 4.75. The predicted octanol–water partition coefficient (Wildman–Crippen LogP) is 2.47. The van der Waals surface area contributed by atoms with Crippen LogP contribution in [0.1, 0.15) is 39.5 Å². The Balaban J connectivity index is 1.73. The van der Waals surface area contributed by atoms with Crippen LogP contribution in [0, 0.1) is 11.8 Å². The van der Waals surface area contributed by atoms with Gasteiger partial charge in [0.25, 0.3) is 0 Å². The summed E-state index contributed by atoms with van der Waals surface area (Å²) >= 11 is 0. The summed E-state index contributed by atoms with van der Waals surface area (Å²) in [5.41, 5.74) is 1.24. The monoisotopic (exact) mass is 280 g/mol. The summed E-state index contributed by atoms with van der Waals surface area (Å²) in [5, 5.41) is 0. The molecule has 0 spiro atoms. The van der Waals surface area contributed by atoms with Crippen molar-refractivity contribution in [1.82, 2.24) is 0 Å². The molecule has 112 valence electrons. The Morgan fingerprint density at radius 1 is 1.30 bits per heavy atom. The fraction of sp³-hybridized carbons (Fsp3) is 0.812. The van der Waals surface area contributed by atoms with Gasteiger partial charge in [0.15, 0.2) is 0 Å². The van der Waals surface area contributed by atoms with E-state index in [1.165, 1.54) is 5.57 Å². The van der Waals surface area contributed by atoms with Gasteiger partial charge in [-0.3, -0.25) is 4.79 Å². The lowest BCUT2D eigenvalue weighted by molar-refractivity contribution is -0.196. The molecular formula is C16H24O4. The van der Waals surface area contributed by atoms with E-state index < -0.39 is 0 Å². The van der Waals surface area contributed by atoms with Gasteiger partial charge in [0.1, 0.15) is 12.2 Å². The van der Waals surface area contributed by atoms with E-state index in [1.54, 1.807) is 0 Å². The van der Waals surface area contributed by atoms with Crippen molar-refractivity contribution < 1.29 is 19.0 Å². The van der Waals surface area contributed by atoms with Crippen LogP contribution in [0.15, 0.2) is 11.6 Å². The van der Waals surface area contributed by atoms with Gasteiger partial charge in [-0.2, -0.15) is 0 Å². The van der Waals surface area contributed by atoms with E-state index in [-0.39, 0.29) is 24.3 Å². The van der Waals surface area contributed by atoms with Crippen molar-refractivity contribution in [2.45, 2.75) is 57.8 Å². The van der Waals surface area contributed by atoms with Crippen LogP contribution in [0.3, 0.4) is 0 Å². The van der Waals surface area contributed by atoms with E-state index in [4.69, 9.17) is 14.2 Å². The standard InChI is InChI=1S/C16H24O4/c1-10(2)5-7-19-16-14-12(6-8-18-14)9-11-3-4-13(17)20-15(11)16/h5,11-12,14-16H,3-4,6-9H2,1-2H3/t11-,12+,14-,15+,16-/m0/s1. The fourth-order valence-corrected chi connectivity index (χ4v) is 3.72. The third-order valence-corrected chi connectivity index (χ3v) is 4.75. The maximum absolute atomic E-state index is 11.6. The van der Waals surface area contributed by atoms with Crippen molar-refractivity contribution in [1.29, 1.82) is 0 Å². The number of hydrogen-bond donors (Lipinski definition) is 0. The Kier molecular flexibility index (Phi) is 4.13. The first-order chi connectivity index (χ1) is 9.65. The number of fused-ring (bicyclic) bond motifs is 2. The largest absolute Gasteiger partial charge is 0.459 e. The fourth-order valence-electron chi connectivity index (χ4n) is 3.72. The zero-order valence-corrected chi connectivity index (χ0v) is 12.3. The van der Waals surface area contributed by atoms with Gasteiger partial charge in [-0.05, 0) is 44.9 Å². The lowest BCUT2D eigenvalue weighted by Gasteiger charge is -2.45. The zero-order chi connectivity index (χ0) is 14.1. The number of rotatable bonds is 3. The molecule has 1 saturated carbocycles. The van der Waals surface area contributed by atoms with Crippen LogP contribution >= 0.6 is 0 Å². The van der Waals surface area contributed by atoms with E-state index in [0.717, 1.165) is 25.9 Å². The number of carbonyl (C=O) groups excluding carboxylic acids is 1. The zero-order valence-electron chi connectivity index (χ0n) is 12.3. The van der Waals surface area contributed by atoms with E-state index in [2.05, 4.69) is 19.9 Å². The molecule has 3 fully saturated rings. The second-order valence-electron chi connectivity index (χ2n) is 6.45. The summed E-state index contributed by atoms with van der Waals surface area (Å²) in [6.45, 7) is 5.50. The van der Waals surface area contributed by atoms with Gasteiger partial charge >= 0.3 is 5.97 Å². The molecule has 3 aliphatic rings. The summed E-state index contributed by atoms with van der Waals surface area (Å²) in [6.07, 6.45) is 5.69. The highest BCUT2D eigenvalue weighted by Crippen LogP contribution is 2.43. The van der Waals surface area contributed by atoms with E-state index >= 15 is 0 Å². The van der Waals surface area contributed by atoms with E-state index in [9.17, 15) is 4.79 Å². The lowest BCUT2D eigenvalue weighted by atomic mass is 9.73. The molecule has 4 heteroatoms. The smallest absolute Gasteiger partial charge is 0.306 e. The average Bonchev–Trinajstić information content (AvgIpc) is 2.86. The van der Waals surface area contributed by atoms with Crippen LogP contribution in [0.5, 0.6) is 0 Å². The molecule has 0 amide bonds. The van der Waals surface area contributed by atoms with Gasteiger partial charge < -0.3 is 14.2 Å². The molecule has 2 heterocycles. The molecule has 0 aromatic carbocycles. The Morgan fingerprint density at radius 3 is 2.90 bits per heavy atom. The molecular weight excluding hydrogens is 256 g/mol. The number of esters is 1. The van der Waals surface area contributed by atoms with Crippen LogP contribution in [-0.2, 0) is 19.0 Å². The minimum absolute atomic E-state index is 0.0847. The average molecular weight is 280 g/mol. The molecule has 5 atom stereocenters. The molecule has 0 aromatic heterocycles. The van der Waals surface area contributed by atoms with Gasteiger partial charge in [-0.1, -0.05) is 11.6 Å². The Labute approximate surface area is 120 Å². The minimum Gasteiger partial charge on any atom is -0.459 e. The van der Waals surface area contributed by atoms with Crippen molar-refractivity contribution >= 4 is 5.97 Å². The molecule has 0 radical (unpaired) electrons. The molecule has 1 aliphatic carbocycles. The molecule has 0 bridgehead atoms. The van der Waals surface area contributed by atoms with Gasteiger partial charge in [-0.15, -0.1) is 0 Å². The van der Waals surface area contributed by atoms with Crippen LogP contribution in [-0.4, -0.2) is 37.5 Å². The molecule has 3 rings (SSSR count). The maximum Gasteiger partial charge on any atom is 0.306 e. The number of allylic oxidation sites excluding steroid dienone is 1. The molecule has 2 aliphatic heterocycles. The topological polar surface area (TPSA) is 44.8 Å². The van der Waals surface area contributed by atoms with Crippen molar-refractivity contribution in [3.8, 4) is 0 Å². The highest BCUT2D eigenvalue weighted by atomic mass is 16.6. The highest BCUT2D eigenvalue weighted by Gasteiger charge is 2.51. The molecule has 4 nitrogen and oxygen atoms in total.